The average molecular weight is 310 g/mol. The van der Waals surface area contributed by atoms with E-state index in [-0.39, 0.29) is 11.8 Å². The van der Waals surface area contributed by atoms with E-state index in [0.29, 0.717) is 24.2 Å². The third kappa shape index (κ3) is 5.58. The van der Waals surface area contributed by atoms with Gasteiger partial charge in [0.25, 0.3) is 5.91 Å². The Balaban J connectivity index is 1.81. The Labute approximate surface area is 136 Å². The lowest BCUT2D eigenvalue weighted by molar-refractivity contribution is -0.115. The zero-order chi connectivity index (χ0) is 16.5. The first-order chi connectivity index (χ1) is 11.2. The third-order valence-corrected chi connectivity index (χ3v) is 3.50. The van der Waals surface area contributed by atoms with E-state index < -0.39 is 0 Å². The summed E-state index contributed by atoms with van der Waals surface area (Å²) in [7, 11) is 0. The summed E-state index contributed by atoms with van der Waals surface area (Å²) in [4.78, 5) is 23.5. The SMILES string of the molecule is CCC(=O)Nc1cccc(C(=O)NCCCc2ccccc2)c1. The van der Waals surface area contributed by atoms with Crippen LogP contribution in [0.3, 0.4) is 0 Å². The molecule has 0 radical (unpaired) electrons. The highest BCUT2D eigenvalue weighted by molar-refractivity contribution is 5.97. The van der Waals surface area contributed by atoms with E-state index in [1.54, 1.807) is 31.2 Å². The highest BCUT2D eigenvalue weighted by atomic mass is 16.2. The van der Waals surface area contributed by atoms with Crippen molar-refractivity contribution in [3.8, 4) is 0 Å². The molecule has 120 valence electrons. The van der Waals surface area contributed by atoms with E-state index in [2.05, 4.69) is 22.8 Å². The molecule has 0 unspecified atom stereocenters. The highest BCUT2D eigenvalue weighted by Gasteiger charge is 2.06. The normalized spacial score (nSPS) is 10.1. The van der Waals surface area contributed by atoms with E-state index in [0.717, 1.165) is 12.8 Å². The Hall–Kier alpha value is -2.62. The first-order valence-electron chi connectivity index (χ1n) is 7.91. The van der Waals surface area contributed by atoms with Crippen LogP contribution in [0.5, 0.6) is 0 Å². The number of anilines is 1. The van der Waals surface area contributed by atoms with Crippen LogP contribution in [0, 0.1) is 0 Å². The Bertz CT molecular complexity index is 653. The molecule has 0 aliphatic carbocycles. The molecule has 0 atom stereocenters. The van der Waals surface area contributed by atoms with Gasteiger partial charge in [0.15, 0.2) is 0 Å². The second-order valence-corrected chi connectivity index (χ2v) is 5.33. The van der Waals surface area contributed by atoms with Gasteiger partial charge in [-0.3, -0.25) is 9.59 Å². The number of rotatable bonds is 7. The number of carbonyl (C=O) groups is 2. The van der Waals surface area contributed by atoms with Gasteiger partial charge in [-0.15, -0.1) is 0 Å². The second-order valence-electron chi connectivity index (χ2n) is 5.33. The average Bonchev–Trinajstić information content (AvgIpc) is 2.59. The molecule has 0 heterocycles. The molecule has 0 saturated carbocycles. The summed E-state index contributed by atoms with van der Waals surface area (Å²) in [5.41, 5.74) is 2.47. The minimum Gasteiger partial charge on any atom is -0.352 e. The van der Waals surface area contributed by atoms with Gasteiger partial charge in [0.1, 0.15) is 0 Å². The van der Waals surface area contributed by atoms with Gasteiger partial charge >= 0.3 is 0 Å². The molecule has 0 fully saturated rings. The maximum absolute atomic E-state index is 12.1. The van der Waals surface area contributed by atoms with Gasteiger partial charge in [-0.1, -0.05) is 43.3 Å². The van der Waals surface area contributed by atoms with Crippen molar-refractivity contribution in [3.05, 3.63) is 65.7 Å². The van der Waals surface area contributed by atoms with E-state index in [4.69, 9.17) is 0 Å². The molecule has 2 N–H and O–H groups in total. The molecule has 0 aromatic heterocycles. The van der Waals surface area contributed by atoms with Gasteiger partial charge in [-0.2, -0.15) is 0 Å². The molecular weight excluding hydrogens is 288 g/mol. The van der Waals surface area contributed by atoms with Crippen molar-refractivity contribution in [2.45, 2.75) is 26.2 Å². The van der Waals surface area contributed by atoms with Crippen molar-refractivity contribution >= 4 is 17.5 Å². The smallest absolute Gasteiger partial charge is 0.251 e. The third-order valence-electron chi connectivity index (χ3n) is 3.50. The second kappa shape index (κ2) is 8.73. The molecular formula is C19H22N2O2. The topological polar surface area (TPSA) is 58.2 Å². The van der Waals surface area contributed by atoms with Crippen LogP contribution in [0.15, 0.2) is 54.6 Å². The number of nitrogens with one attached hydrogen (secondary N) is 2. The van der Waals surface area contributed by atoms with Crippen LogP contribution < -0.4 is 10.6 Å². The summed E-state index contributed by atoms with van der Waals surface area (Å²) >= 11 is 0. The minimum atomic E-state index is -0.120. The molecule has 0 saturated heterocycles. The zero-order valence-corrected chi connectivity index (χ0v) is 13.3. The van der Waals surface area contributed by atoms with Gasteiger partial charge in [-0.05, 0) is 36.6 Å². The van der Waals surface area contributed by atoms with E-state index >= 15 is 0 Å². The summed E-state index contributed by atoms with van der Waals surface area (Å²) in [6.45, 7) is 2.41. The largest absolute Gasteiger partial charge is 0.352 e. The number of hydrogen-bond donors (Lipinski definition) is 2. The number of amides is 2. The lowest BCUT2D eigenvalue weighted by atomic mass is 10.1. The van der Waals surface area contributed by atoms with Crippen LogP contribution in [0.1, 0.15) is 35.7 Å². The Kier molecular flexibility index (Phi) is 6.36. The standard InChI is InChI=1S/C19H22N2O2/c1-2-18(22)21-17-12-6-11-16(14-17)19(23)20-13-7-10-15-8-4-3-5-9-15/h3-6,8-9,11-12,14H,2,7,10,13H2,1H3,(H,20,23)(H,21,22). The molecule has 2 rings (SSSR count). The molecule has 0 bridgehead atoms. The van der Waals surface area contributed by atoms with Crippen LogP contribution >= 0.6 is 0 Å². The number of carbonyl (C=O) groups excluding carboxylic acids is 2. The van der Waals surface area contributed by atoms with Crippen LogP contribution in [0.4, 0.5) is 5.69 Å². The Morgan fingerprint density at radius 3 is 2.52 bits per heavy atom. The molecule has 4 heteroatoms. The van der Waals surface area contributed by atoms with Crippen molar-refractivity contribution in [2.75, 3.05) is 11.9 Å². The van der Waals surface area contributed by atoms with Crippen molar-refractivity contribution in [3.63, 3.8) is 0 Å². The van der Waals surface area contributed by atoms with E-state index in [1.165, 1.54) is 5.56 Å². The Morgan fingerprint density at radius 2 is 1.78 bits per heavy atom. The fourth-order valence-corrected chi connectivity index (χ4v) is 2.23. The summed E-state index contributed by atoms with van der Waals surface area (Å²) in [5.74, 6) is -0.184. The Morgan fingerprint density at radius 1 is 1.00 bits per heavy atom. The summed E-state index contributed by atoms with van der Waals surface area (Å²) in [6.07, 6.45) is 2.24. The van der Waals surface area contributed by atoms with Crippen LogP contribution in [-0.4, -0.2) is 18.4 Å². The molecule has 23 heavy (non-hydrogen) atoms. The van der Waals surface area contributed by atoms with Crippen molar-refractivity contribution in [1.29, 1.82) is 0 Å². The molecule has 0 aliphatic rings. The van der Waals surface area contributed by atoms with Gasteiger partial charge in [0.05, 0.1) is 0 Å². The van der Waals surface area contributed by atoms with E-state index in [9.17, 15) is 9.59 Å². The molecule has 4 nitrogen and oxygen atoms in total. The molecule has 2 amide bonds. The van der Waals surface area contributed by atoms with Gasteiger partial charge in [0.2, 0.25) is 5.91 Å². The van der Waals surface area contributed by atoms with Crippen molar-refractivity contribution < 1.29 is 9.59 Å². The minimum absolute atomic E-state index is 0.0644. The lowest BCUT2D eigenvalue weighted by Gasteiger charge is -2.08. The fourth-order valence-electron chi connectivity index (χ4n) is 2.23. The summed E-state index contributed by atoms with van der Waals surface area (Å²) < 4.78 is 0. The molecule has 2 aromatic carbocycles. The highest BCUT2D eigenvalue weighted by Crippen LogP contribution is 2.11. The van der Waals surface area contributed by atoms with Gasteiger partial charge < -0.3 is 10.6 Å². The summed E-state index contributed by atoms with van der Waals surface area (Å²) in [6, 6.07) is 17.2. The van der Waals surface area contributed by atoms with Crippen LogP contribution in [0.2, 0.25) is 0 Å². The molecule has 2 aromatic rings. The zero-order valence-electron chi connectivity index (χ0n) is 13.3. The first kappa shape index (κ1) is 16.7. The molecule has 0 aliphatic heterocycles. The summed E-state index contributed by atoms with van der Waals surface area (Å²) in [5, 5.41) is 5.67. The number of hydrogen-bond acceptors (Lipinski definition) is 2. The predicted octanol–water partition coefficient (Wildman–Crippen LogP) is 3.40. The maximum atomic E-state index is 12.1. The quantitative estimate of drug-likeness (QED) is 0.770. The first-order valence-corrected chi connectivity index (χ1v) is 7.91. The van der Waals surface area contributed by atoms with Crippen LogP contribution in [0.25, 0.3) is 0 Å². The fraction of sp³-hybridized carbons (Fsp3) is 0.263. The van der Waals surface area contributed by atoms with Gasteiger partial charge in [-0.25, -0.2) is 0 Å². The van der Waals surface area contributed by atoms with Crippen molar-refractivity contribution in [1.82, 2.24) is 5.32 Å². The number of aryl methyl sites for hydroxylation is 1. The predicted molar refractivity (Wildman–Crippen MR) is 92.5 cm³/mol. The number of benzene rings is 2. The van der Waals surface area contributed by atoms with Crippen molar-refractivity contribution in [2.24, 2.45) is 0 Å². The monoisotopic (exact) mass is 310 g/mol. The van der Waals surface area contributed by atoms with Crippen LogP contribution in [-0.2, 0) is 11.2 Å². The maximum Gasteiger partial charge on any atom is 0.251 e. The van der Waals surface area contributed by atoms with E-state index in [1.807, 2.05) is 18.2 Å². The lowest BCUT2D eigenvalue weighted by Crippen LogP contribution is -2.25. The van der Waals surface area contributed by atoms with Gasteiger partial charge in [0, 0.05) is 24.2 Å². The molecule has 0 spiro atoms.